The zero-order valence-corrected chi connectivity index (χ0v) is 19.4. The zero-order chi connectivity index (χ0) is 24.5. The van der Waals surface area contributed by atoms with Crippen molar-refractivity contribution in [1.29, 1.82) is 5.26 Å². The second kappa shape index (κ2) is 9.50. The molecule has 1 aromatic carbocycles. The van der Waals surface area contributed by atoms with Crippen molar-refractivity contribution in [1.82, 2.24) is 14.9 Å². The maximum atomic E-state index is 14.5. The van der Waals surface area contributed by atoms with Crippen LogP contribution in [0.2, 0.25) is 0 Å². The Labute approximate surface area is 196 Å². The number of rotatable bonds is 5. The summed E-state index contributed by atoms with van der Waals surface area (Å²) in [6.07, 6.45) is 6.32. The molecule has 1 amide bonds. The van der Waals surface area contributed by atoms with E-state index in [2.05, 4.69) is 15.3 Å². The molecule has 2 aliphatic rings. The molecule has 2 aliphatic heterocycles. The summed E-state index contributed by atoms with van der Waals surface area (Å²) in [5.41, 5.74) is 0.149. The standard InChI is InChI=1S/C22H24F2N6O3S/c1-34(32,33)20-10-16(23)19(9-17(20)24)28-18-3-2-6-30(21(18)31)15-4-7-29(8-5-15)22-26-12-14(11-25)13-27-22/h9-10,12-13,15,18,28H,2-8H2,1H3/t18-/m0/s1. The molecule has 9 nitrogen and oxygen atoms in total. The van der Waals surface area contributed by atoms with E-state index in [-0.39, 0.29) is 17.6 Å². The van der Waals surface area contributed by atoms with Crippen molar-refractivity contribution in [3.63, 3.8) is 0 Å². The van der Waals surface area contributed by atoms with E-state index in [0.29, 0.717) is 62.9 Å². The van der Waals surface area contributed by atoms with E-state index >= 15 is 0 Å². The van der Waals surface area contributed by atoms with Crippen LogP contribution < -0.4 is 10.2 Å². The van der Waals surface area contributed by atoms with Gasteiger partial charge in [-0.3, -0.25) is 4.79 Å². The molecule has 1 N–H and O–H groups in total. The number of nitrogens with one attached hydrogen (secondary N) is 1. The highest BCUT2D eigenvalue weighted by Crippen LogP contribution is 2.28. The van der Waals surface area contributed by atoms with Crippen LogP contribution in [-0.4, -0.2) is 67.2 Å². The molecule has 0 aliphatic carbocycles. The number of piperidine rings is 2. The van der Waals surface area contributed by atoms with E-state index in [1.54, 1.807) is 4.90 Å². The van der Waals surface area contributed by atoms with Crippen molar-refractivity contribution in [2.75, 3.05) is 36.1 Å². The van der Waals surface area contributed by atoms with Crippen LogP contribution in [0.15, 0.2) is 29.4 Å². The van der Waals surface area contributed by atoms with Gasteiger partial charge < -0.3 is 15.1 Å². The average Bonchev–Trinajstić information content (AvgIpc) is 2.82. The van der Waals surface area contributed by atoms with E-state index < -0.39 is 32.4 Å². The van der Waals surface area contributed by atoms with Gasteiger partial charge in [0, 0.05) is 38.0 Å². The number of carbonyl (C=O) groups is 1. The summed E-state index contributed by atoms with van der Waals surface area (Å²) in [6, 6.07) is 2.68. The molecular formula is C22H24F2N6O3S. The van der Waals surface area contributed by atoms with Gasteiger partial charge in [-0.15, -0.1) is 0 Å². The predicted octanol–water partition coefficient (Wildman–Crippen LogP) is 2.10. The lowest BCUT2D eigenvalue weighted by atomic mass is 9.97. The number of hydrogen-bond donors (Lipinski definition) is 1. The Bertz CT molecular complexity index is 1220. The molecule has 1 atom stereocenters. The van der Waals surface area contributed by atoms with Crippen LogP contribution in [0.5, 0.6) is 0 Å². The third kappa shape index (κ3) is 4.94. The first kappa shape index (κ1) is 23.8. The number of carbonyl (C=O) groups excluding carboxylic acids is 1. The molecule has 2 fully saturated rings. The minimum atomic E-state index is -3.91. The highest BCUT2D eigenvalue weighted by Gasteiger charge is 2.35. The molecule has 0 radical (unpaired) electrons. The SMILES string of the molecule is CS(=O)(=O)c1cc(F)c(N[C@H]2CCCN(C3CCN(c4ncc(C#N)cn4)CC3)C2=O)cc1F. The van der Waals surface area contributed by atoms with Crippen LogP contribution in [0.3, 0.4) is 0 Å². The number of halogens is 2. The van der Waals surface area contributed by atoms with Crippen LogP contribution in [0.4, 0.5) is 20.4 Å². The lowest BCUT2D eigenvalue weighted by Gasteiger charge is -2.42. The molecule has 2 saturated heterocycles. The Morgan fingerprint density at radius 2 is 1.76 bits per heavy atom. The van der Waals surface area contributed by atoms with Gasteiger partial charge >= 0.3 is 0 Å². The fourth-order valence-corrected chi connectivity index (χ4v) is 5.16. The lowest BCUT2D eigenvalue weighted by Crippen LogP contribution is -2.54. The molecule has 3 heterocycles. The summed E-state index contributed by atoms with van der Waals surface area (Å²) in [4.78, 5) is 24.7. The zero-order valence-electron chi connectivity index (χ0n) is 18.5. The normalized spacial score (nSPS) is 19.7. The quantitative estimate of drug-likeness (QED) is 0.677. The topological polar surface area (TPSA) is 119 Å². The largest absolute Gasteiger partial charge is 0.371 e. The number of anilines is 2. The first-order chi connectivity index (χ1) is 16.2. The van der Waals surface area contributed by atoms with E-state index in [4.69, 9.17) is 5.26 Å². The summed E-state index contributed by atoms with van der Waals surface area (Å²) in [7, 11) is -3.91. The molecular weight excluding hydrogens is 466 g/mol. The number of amides is 1. The van der Waals surface area contributed by atoms with E-state index in [9.17, 15) is 22.0 Å². The van der Waals surface area contributed by atoms with Gasteiger partial charge in [0.05, 0.1) is 23.6 Å². The summed E-state index contributed by atoms with van der Waals surface area (Å²) in [6.45, 7) is 1.87. The van der Waals surface area contributed by atoms with Crippen molar-refractivity contribution in [3.8, 4) is 6.07 Å². The average molecular weight is 491 g/mol. The molecule has 0 saturated carbocycles. The van der Waals surface area contributed by atoms with E-state index in [1.807, 2.05) is 11.0 Å². The third-order valence-electron chi connectivity index (χ3n) is 6.18. The van der Waals surface area contributed by atoms with Gasteiger partial charge in [0.25, 0.3) is 0 Å². The molecule has 0 spiro atoms. The number of hydrogen-bond acceptors (Lipinski definition) is 8. The number of likely N-dealkylation sites (tertiary alicyclic amines) is 1. The van der Waals surface area contributed by atoms with Gasteiger partial charge in [0.2, 0.25) is 11.9 Å². The van der Waals surface area contributed by atoms with Crippen molar-refractivity contribution in [2.45, 2.75) is 42.7 Å². The van der Waals surface area contributed by atoms with Crippen LogP contribution in [0.1, 0.15) is 31.2 Å². The minimum absolute atomic E-state index is 0.000857. The Kier molecular flexibility index (Phi) is 6.65. The third-order valence-corrected chi connectivity index (χ3v) is 7.29. The first-order valence-electron chi connectivity index (χ1n) is 10.9. The van der Waals surface area contributed by atoms with Gasteiger partial charge in [-0.2, -0.15) is 5.26 Å². The highest BCUT2D eigenvalue weighted by atomic mass is 32.2. The summed E-state index contributed by atoms with van der Waals surface area (Å²) >= 11 is 0. The highest BCUT2D eigenvalue weighted by molar-refractivity contribution is 7.90. The molecule has 2 aromatic rings. The van der Waals surface area contributed by atoms with Gasteiger partial charge in [-0.05, 0) is 31.7 Å². The lowest BCUT2D eigenvalue weighted by molar-refractivity contribution is -0.137. The Morgan fingerprint density at radius 3 is 2.38 bits per heavy atom. The summed E-state index contributed by atoms with van der Waals surface area (Å²) in [5.74, 6) is -1.64. The number of nitriles is 1. The second-order valence-electron chi connectivity index (χ2n) is 8.51. The predicted molar refractivity (Wildman–Crippen MR) is 120 cm³/mol. The van der Waals surface area contributed by atoms with Gasteiger partial charge in [0.15, 0.2) is 9.84 Å². The Hall–Kier alpha value is -3.33. The number of aromatic nitrogens is 2. The molecule has 4 rings (SSSR count). The Balaban J connectivity index is 1.41. The molecule has 0 bridgehead atoms. The Morgan fingerprint density at radius 1 is 1.09 bits per heavy atom. The summed E-state index contributed by atoms with van der Waals surface area (Å²) < 4.78 is 52.0. The van der Waals surface area contributed by atoms with Crippen molar-refractivity contribution in [2.24, 2.45) is 0 Å². The van der Waals surface area contributed by atoms with Crippen LogP contribution in [0.25, 0.3) is 0 Å². The maximum Gasteiger partial charge on any atom is 0.245 e. The fourth-order valence-electron chi connectivity index (χ4n) is 4.43. The molecule has 12 heteroatoms. The fraction of sp³-hybridized carbons (Fsp3) is 0.455. The van der Waals surface area contributed by atoms with E-state index in [0.717, 1.165) is 12.3 Å². The van der Waals surface area contributed by atoms with Crippen molar-refractivity contribution in [3.05, 3.63) is 41.7 Å². The molecule has 34 heavy (non-hydrogen) atoms. The summed E-state index contributed by atoms with van der Waals surface area (Å²) in [5, 5.41) is 11.7. The van der Waals surface area contributed by atoms with Gasteiger partial charge in [0.1, 0.15) is 28.6 Å². The monoisotopic (exact) mass is 490 g/mol. The van der Waals surface area contributed by atoms with Gasteiger partial charge in [-0.25, -0.2) is 27.2 Å². The molecule has 1 aromatic heterocycles. The van der Waals surface area contributed by atoms with Crippen LogP contribution in [-0.2, 0) is 14.6 Å². The van der Waals surface area contributed by atoms with E-state index in [1.165, 1.54) is 12.4 Å². The maximum absolute atomic E-state index is 14.5. The van der Waals surface area contributed by atoms with Crippen LogP contribution >= 0.6 is 0 Å². The minimum Gasteiger partial charge on any atom is -0.371 e. The number of sulfone groups is 1. The smallest absolute Gasteiger partial charge is 0.245 e. The number of benzene rings is 1. The molecule has 180 valence electrons. The van der Waals surface area contributed by atoms with Gasteiger partial charge in [-0.1, -0.05) is 0 Å². The van der Waals surface area contributed by atoms with Crippen molar-refractivity contribution < 1.29 is 22.0 Å². The second-order valence-corrected chi connectivity index (χ2v) is 10.5. The number of nitrogens with zero attached hydrogens (tertiary/aromatic N) is 5. The molecule has 0 unspecified atom stereocenters. The van der Waals surface area contributed by atoms with Crippen molar-refractivity contribution >= 4 is 27.4 Å². The van der Waals surface area contributed by atoms with Crippen LogP contribution in [0, 0.1) is 23.0 Å². The first-order valence-corrected chi connectivity index (χ1v) is 12.8.